The Hall–Kier alpha value is -2.89. The summed E-state index contributed by atoms with van der Waals surface area (Å²) in [7, 11) is 0. The van der Waals surface area contributed by atoms with E-state index in [1.807, 2.05) is 38.1 Å². The highest BCUT2D eigenvalue weighted by Gasteiger charge is 2.10. The van der Waals surface area contributed by atoms with Crippen LogP contribution in [0.4, 0.5) is 10.6 Å². The van der Waals surface area contributed by atoms with Gasteiger partial charge in [-0.05, 0) is 37.6 Å². The van der Waals surface area contributed by atoms with Gasteiger partial charge in [-0.1, -0.05) is 22.9 Å². The van der Waals surface area contributed by atoms with E-state index in [1.54, 1.807) is 12.3 Å². The van der Waals surface area contributed by atoms with Crippen molar-refractivity contribution in [1.82, 2.24) is 15.5 Å². The molecule has 6 heteroatoms. The molecule has 2 amide bonds. The molecule has 3 aromatic rings. The molecule has 1 aromatic carbocycles. The first kappa shape index (κ1) is 14.1. The van der Waals surface area contributed by atoms with Crippen molar-refractivity contribution in [3.63, 3.8) is 0 Å². The highest BCUT2D eigenvalue weighted by atomic mass is 16.5. The number of hydrogen-bond donors (Lipinski definition) is 2. The fraction of sp³-hybridized carbons (Fsp3) is 0.188. The molecule has 0 atom stereocenters. The first-order valence-corrected chi connectivity index (χ1v) is 6.94. The van der Waals surface area contributed by atoms with Crippen molar-refractivity contribution in [2.45, 2.75) is 20.4 Å². The number of pyridine rings is 1. The summed E-state index contributed by atoms with van der Waals surface area (Å²) < 4.78 is 5.23. The van der Waals surface area contributed by atoms with Crippen molar-refractivity contribution >= 4 is 22.8 Å². The monoisotopic (exact) mass is 296 g/mol. The van der Waals surface area contributed by atoms with E-state index in [2.05, 4.69) is 20.8 Å². The second-order valence-corrected chi connectivity index (χ2v) is 5.16. The lowest BCUT2D eigenvalue weighted by Gasteiger charge is -2.05. The molecule has 0 spiro atoms. The van der Waals surface area contributed by atoms with Gasteiger partial charge >= 0.3 is 6.03 Å². The van der Waals surface area contributed by atoms with Crippen molar-refractivity contribution in [3.8, 4) is 0 Å². The van der Waals surface area contributed by atoms with E-state index in [0.29, 0.717) is 17.1 Å². The molecule has 0 radical (unpaired) electrons. The summed E-state index contributed by atoms with van der Waals surface area (Å²) >= 11 is 0. The molecule has 0 unspecified atom stereocenters. The van der Waals surface area contributed by atoms with Gasteiger partial charge in [0.15, 0.2) is 5.58 Å². The number of carbonyl (C=O) groups excluding carboxylic acids is 1. The van der Waals surface area contributed by atoms with Gasteiger partial charge in [0.2, 0.25) is 0 Å². The van der Waals surface area contributed by atoms with Crippen molar-refractivity contribution in [1.29, 1.82) is 0 Å². The fourth-order valence-corrected chi connectivity index (χ4v) is 2.10. The maximum Gasteiger partial charge on any atom is 0.320 e. The van der Waals surface area contributed by atoms with E-state index in [4.69, 9.17) is 4.52 Å². The Labute approximate surface area is 127 Å². The Kier molecular flexibility index (Phi) is 3.74. The number of aryl methyl sites for hydroxylation is 2. The Morgan fingerprint density at radius 3 is 2.77 bits per heavy atom. The van der Waals surface area contributed by atoms with Gasteiger partial charge in [-0.25, -0.2) is 9.78 Å². The molecule has 0 bridgehead atoms. The SMILES string of the molecule is Cc1ccc(NC(=O)NCc2noc3ccc(C)cc23)nc1. The number of amides is 2. The zero-order valence-corrected chi connectivity index (χ0v) is 12.4. The normalized spacial score (nSPS) is 10.6. The van der Waals surface area contributed by atoms with Crippen molar-refractivity contribution in [2.75, 3.05) is 5.32 Å². The summed E-state index contributed by atoms with van der Waals surface area (Å²) in [5.41, 5.74) is 3.56. The number of rotatable bonds is 3. The number of carbonyl (C=O) groups is 1. The summed E-state index contributed by atoms with van der Waals surface area (Å²) in [6.07, 6.45) is 1.70. The largest absolute Gasteiger partial charge is 0.356 e. The number of hydrogen-bond acceptors (Lipinski definition) is 4. The second-order valence-electron chi connectivity index (χ2n) is 5.16. The zero-order valence-electron chi connectivity index (χ0n) is 12.4. The number of nitrogens with one attached hydrogen (secondary N) is 2. The first-order chi connectivity index (χ1) is 10.6. The molecule has 22 heavy (non-hydrogen) atoms. The molecule has 112 valence electrons. The summed E-state index contributed by atoms with van der Waals surface area (Å²) in [5, 5.41) is 10.3. The molecule has 0 aliphatic rings. The van der Waals surface area contributed by atoms with Crippen LogP contribution in [0.5, 0.6) is 0 Å². The summed E-state index contributed by atoms with van der Waals surface area (Å²) in [6, 6.07) is 9.13. The Morgan fingerprint density at radius 1 is 1.18 bits per heavy atom. The number of urea groups is 1. The van der Waals surface area contributed by atoms with Gasteiger partial charge in [0, 0.05) is 11.6 Å². The Morgan fingerprint density at radius 2 is 2.00 bits per heavy atom. The van der Waals surface area contributed by atoms with Gasteiger partial charge in [0.1, 0.15) is 11.5 Å². The molecular formula is C16H16N4O2. The molecular weight excluding hydrogens is 280 g/mol. The molecule has 6 nitrogen and oxygen atoms in total. The van der Waals surface area contributed by atoms with Crippen LogP contribution >= 0.6 is 0 Å². The molecule has 2 aromatic heterocycles. The van der Waals surface area contributed by atoms with Crippen molar-refractivity contribution in [3.05, 3.63) is 53.3 Å². The highest BCUT2D eigenvalue weighted by Crippen LogP contribution is 2.19. The third kappa shape index (κ3) is 3.06. The molecule has 0 saturated heterocycles. The van der Waals surface area contributed by atoms with Crippen LogP contribution in [0, 0.1) is 13.8 Å². The molecule has 0 aliphatic heterocycles. The van der Waals surface area contributed by atoms with Gasteiger partial charge in [-0.2, -0.15) is 0 Å². The minimum Gasteiger partial charge on any atom is -0.356 e. The molecule has 0 saturated carbocycles. The van der Waals surface area contributed by atoms with Gasteiger partial charge < -0.3 is 9.84 Å². The minimum absolute atomic E-state index is 0.286. The van der Waals surface area contributed by atoms with E-state index in [1.165, 1.54) is 0 Å². The standard InChI is InChI=1S/C16H16N4O2/c1-10-3-5-14-12(7-10)13(20-22-14)9-18-16(21)19-15-6-4-11(2)8-17-15/h3-8H,9H2,1-2H3,(H2,17,18,19,21). The molecule has 3 rings (SSSR count). The van der Waals surface area contributed by atoms with Crippen molar-refractivity contribution in [2.24, 2.45) is 0 Å². The molecule has 0 fully saturated rings. The van der Waals surface area contributed by atoms with Crippen molar-refractivity contribution < 1.29 is 9.32 Å². The summed E-state index contributed by atoms with van der Waals surface area (Å²) in [5.74, 6) is 0.504. The number of aromatic nitrogens is 2. The van der Waals surface area contributed by atoms with Crippen LogP contribution in [0.15, 0.2) is 41.1 Å². The van der Waals surface area contributed by atoms with Crippen LogP contribution < -0.4 is 10.6 Å². The molecule has 2 N–H and O–H groups in total. The summed E-state index contributed by atoms with van der Waals surface area (Å²) in [6.45, 7) is 4.22. The zero-order chi connectivity index (χ0) is 15.5. The lowest BCUT2D eigenvalue weighted by molar-refractivity contribution is 0.251. The fourth-order valence-electron chi connectivity index (χ4n) is 2.10. The maximum absolute atomic E-state index is 11.9. The Balaban J connectivity index is 1.64. The third-order valence-corrected chi connectivity index (χ3v) is 3.27. The number of nitrogens with zero attached hydrogens (tertiary/aromatic N) is 2. The average Bonchev–Trinajstić information content (AvgIpc) is 2.90. The van der Waals surface area contributed by atoms with Crippen LogP contribution in [0.3, 0.4) is 0 Å². The lowest BCUT2D eigenvalue weighted by Crippen LogP contribution is -2.28. The van der Waals surface area contributed by atoms with E-state index >= 15 is 0 Å². The number of benzene rings is 1. The van der Waals surface area contributed by atoms with Crippen LogP contribution in [0.25, 0.3) is 11.0 Å². The van der Waals surface area contributed by atoms with Crippen LogP contribution in [-0.2, 0) is 6.54 Å². The topological polar surface area (TPSA) is 80.0 Å². The van der Waals surface area contributed by atoms with E-state index in [-0.39, 0.29) is 12.6 Å². The number of anilines is 1. The van der Waals surface area contributed by atoms with Crippen LogP contribution in [0.2, 0.25) is 0 Å². The molecule has 0 aliphatic carbocycles. The van der Waals surface area contributed by atoms with Gasteiger partial charge in [0.25, 0.3) is 0 Å². The second kappa shape index (κ2) is 5.85. The maximum atomic E-state index is 11.9. The average molecular weight is 296 g/mol. The quantitative estimate of drug-likeness (QED) is 0.778. The van der Waals surface area contributed by atoms with E-state index in [9.17, 15) is 4.79 Å². The van der Waals surface area contributed by atoms with E-state index in [0.717, 1.165) is 16.5 Å². The smallest absolute Gasteiger partial charge is 0.320 e. The van der Waals surface area contributed by atoms with Crippen LogP contribution in [0.1, 0.15) is 16.8 Å². The van der Waals surface area contributed by atoms with Gasteiger partial charge in [-0.15, -0.1) is 0 Å². The Bertz CT molecular complexity index is 809. The number of fused-ring (bicyclic) bond motifs is 1. The molecule has 2 heterocycles. The highest BCUT2D eigenvalue weighted by molar-refractivity contribution is 5.88. The third-order valence-electron chi connectivity index (χ3n) is 3.27. The van der Waals surface area contributed by atoms with E-state index < -0.39 is 0 Å². The van der Waals surface area contributed by atoms with Crippen LogP contribution in [-0.4, -0.2) is 16.2 Å². The van der Waals surface area contributed by atoms with Gasteiger partial charge in [-0.3, -0.25) is 5.32 Å². The predicted molar refractivity (Wildman–Crippen MR) is 83.6 cm³/mol. The van der Waals surface area contributed by atoms with Gasteiger partial charge in [0.05, 0.1) is 6.54 Å². The lowest BCUT2D eigenvalue weighted by atomic mass is 10.1. The summed E-state index contributed by atoms with van der Waals surface area (Å²) in [4.78, 5) is 16.0. The predicted octanol–water partition coefficient (Wildman–Crippen LogP) is 3.16. The first-order valence-electron chi connectivity index (χ1n) is 6.94. The minimum atomic E-state index is -0.333.